The van der Waals surface area contributed by atoms with Gasteiger partial charge < -0.3 is 23.9 Å². The van der Waals surface area contributed by atoms with Crippen LogP contribution in [0.3, 0.4) is 0 Å². The number of esters is 1. The number of nitrogens with one attached hydrogen (secondary N) is 1. The number of para-hydroxylation sites is 2. The van der Waals surface area contributed by atoms with E-state index in [0.29, 0.717) is 28.0 Å². The van der Waals surface area contributed by atoms with Gasteiger partial charge in [0, 0.05) is 10.9 Å². The first-order valence-electron chi connectivity index (χ1n) is 8.88. The summed E-state index contributed by atoms with van der Waals surface area (Å²) in [6.07, 6.45) is 0. The molecule has 3 rings (SSSR count). The summed E-state index contributed by atoms with van der Waals surface area (Å²) in [6.45, 7) is 1.58. The average Bonchev–Trinajstić information content (AvgIpc) is 3.05. The summed E-state index contributed by atoms with van der Waals surface area (Å²) >= 11 is 0. The maximum Gasteiger partial charge on any atom is 0.375 e. The Bertz CT molecular complexity index is 1030. The fourth-order valence-electron chi connectivity index (χ4n) is 2.72. The van der Waals surface area contributed by atoms with Gasteiger partial charge in [-0.25, -0.2) is 9.18 Å². The largest absolute Gasteiger partial charge is 0.493 e. The standard InChI is InChI=1S/C21H20FNO6/c1-13-15-11-14(22)7-8-16(15)29-20(13)21(25)28-12-19(24)23-9-10-27-18-6-4-3-5-17(18)26-2/h3-8,11H,9-10,12H2,1-2H3,(H,23,24). The molecule has 0 fully saturated rings. The van der Waals surface area contributed by atoms with Gasteiger partial charge in [-0.3, -0.25) is 4.79 Å². The molecule has 1 heterocycles. The third-order valence-corrected chi connectivity index (χ3v) is 4.17. The van der Waals surface area contributed by atoms with E-state index in [1.54, 1.807) is 26.2 Å². The van der Waals surface area contributed by atoms with E-state index in [0.717, 1.165) is 0 Å². The van der Waals surface area contributed by atoms with E-state index >= 15 is 0 Å². The highest BCUT2D eigenvalue weighted by molar-refractivity contribution is 5.96. The van der Waals surface area contributed by atoms with E-state index in [1.807, 2.05) is 12.1 Å². The van der Waals surface area contributed by atoms with Crippen LogP contribution in [0, 0.1) is 12.7 Å². The topological polar surface area (TPSA) is 87.0 Å². The van der Waals surface area contributed by atoms with Crippen molar-refractivity contribution in [2.45, 2.75) is 6.92 Å². The molecule has 0 saturated heterocycles. The minimum absolute atomic E-state index is 0.0575. The second-order valence-electron chi connectivity index (χ2n) is 6.12. The van der Waals surface area contributed by atoms with Crippen molar-refractivity contribution in [3.05, 3.63) is 59.6 Å². The van der Waals surface area contributed by atoms with Crippen LogP contribution >= 0.6 is 0 Å². The molecule has 0 radical (unpaired) electrons. The highest BCUT2D eigenvalue weighted by atomic mass is 19.1. The zero-order valence-corrected chi connectivity index (χ0v) is 16.0. The Balaban J connectivity index is 1.46. The number of amides is 1. The SMILES string of the molecule is COc1ccccc1OCCNC(=O)COC(=O)c1oc2ccc(F)cc2c1C. The fraction of sp³-hybridized carbons (Fsp3) is 0.238. The summed E-state index contributed by atoms with van der Waals surface area (Å²) in [5, 5.41) is 3.07. The molecule has 8 heteroatoms. The smallest absolute Gasteiger partial charge is 0.375 e. The number of aryl methyl sites for hydroxylation is 1. The Hall–Kier alpha value is -3.55. The van der Waals surface area contributed by atoms with Gasteiger partial charge in [0.05, 0.1) is 13.7 Å². The van der Waals surface area contributed by atoms with Crippen LogP contribution in [0.2, 0.25) is 0 Å². The number of rotatable bonds is 8. The lowest BCUT2D eigenvalue weighted by molar-refractivity contribution is -0.124. The lowest BCUT2D eigenvalue weighted by atomic mass is 10.1. The van der Waals surface area contributed by atoms with E-state index in [9.17, 15) is 14.0 Å². The molecular weight excluding hydrogens is 381 g/mol. The predicted molar refractivity (Wildman–Crippen MR) is 103 cm³/mol. The summed E-state index contributed by atoms with van der Waals surface area (Å²) in [7, 11) is 1.54. The quantitative estimate of drug-likeness (QED) is 0.461. The Morgan fingerprint density at radius 1 is 1.14 bits per heavy atom. The molecule has 0 aliphatic carbocycles. The van der Waals surface area contributed by atoms with Crippen molar-refractivity contribution in [2.24, 2.45) is 0 Å². The number of fused-ring (bicyclic) bond motifs is 1. The number of ether oxygens (including phenoxy) is 3. The highest BCUT2D eigenvalue weighted by Gasteiger charge is 2.20. The van der Waals surface area contributed by atoms with Crippen LogP contribution < -0.4 is 14.8 Å². The zero-order chi connectivity index (χ0) is 20.8. The highest BCUT2D eigenvalue weighted by Crippen LogP contribution is 2.27. The van der Waals surface area contributed by atoms with Crippen LogP contribution in [0.25, 0.3) is 11.0 Å². The van der Waals surface area contributed by atoms with Crippen LogP contribution in [0.5, 0.6) is 11.5 Å². The van der Waals surface area contributed by atoms with Gasteiger partial charge in [-0.15, -0.1) is 0 Å². The molecule has 0 bridgehead atoms. The van der Waals surface area contributed by atoms with Crippen molar-refractivity contribution >= 4 is 22.8 Å². The second kappa shape index (κ2) is 9.09. The molecule has 0 saturated carbocycles. The van der Waals surface area contributed by atoms with Crippen molar-refractivity contribution in [3.63, 3.8) is 0 Å². The third-order valence-electron chi connectivity index (χ3n) is 4.17. The first-order valence-corrected chi connectivity index (χ1v) is 8.88. The molecule has 152 valence electrons. The zero-order valence-electron chi connectivity index (χ0n) is 16.0. The Kier molecular flexibility index (Phi) is 6.33. The lowest BCUT2D eigenvalue weighted by Gasteiger charge is -2.10. The van der Waals surface area contributed by atoms with Gasteiger partial charge in [-0.2, -0.15) is 0 Å². The van der Waals surface area contributed by atoms with Gasteiger partial charge in [-0.1, -0.05) is 12.1 Å². The minimum Gasteiger partial charge on any atom is -0.493 e. The monoisotopic (exact) mass is 401 g/mol. The van der Waals surface area contributed by atoms with E-state index < -0.39 is 24.3 Å². The number of benzene rings is 2. The van der Waals surface area contributed by atoms with Crippen molar-refractivity contribution < 1.29 is 32.6 Å². The first kappa shape index (κ1) is 20.2. The summed E-state index contributed by atoms with van der Waals surface area (Å²) < 4.78 is 34.5. The third kappa shape index (κ3) is 4.84. The minimum atomic E-state index is -0.792. The molecular formula is C21H20FNO6. The van der Waals surface area contributed by atoms with Crippen molar-refractivity contribution in [1.29, 1.82) is 0 Å². The maximum absolute atomic E-state index is 13.4. The van der Waals surface area contributed by atoms with Crippen molar-refractivity contribution in [2.75, 3.05) is 26.9 Å². The summed E-state index contributed by atoms with van der Waals surface area (Å²) in [5.41, 5.74) is 0.823. The summed E-state index contributed by atoms with van der Waals surface area (Å²) in [5.74, 6) is -0.614. The van der Waals surface area contributed by atoms with Crippen LogP contribution in [-0.2, 0) is 9.53 Å². The van der Waals surface area contributed by atoms with E-state index in [-0.39, 0.29) is 18.9 Å². The maximum atomic E-state index is 13.4. The van der Waals surface area contributed by atoms with Gasteiger partial charge in [0.15, 0.2) is 18.1 Å². The van der Waals surface area contributed by atoms with Crippen LogP contribution in [0.15, 0.2) is 46.9 Å². The molecule has 29 heavy (non-hydrogen) atoms. The number of carbonyl (C=O) groups excluding carboxylic acids is 2. The first-order chi connectivity index (χ1) is 14.0. The van der Waals surface area contributed by atoms with Crippen LogP contribution in [0.4, 0.5) is 4.39 Å². The lowest BCUT2D eigenvalue weighted by Crippen LogP contribution is -2.32. The molecule has 3 aromatic rings. The molecule has 1 amide bonds. The number of hydrogen-bond donors (Lipinski definition) is 1. The Morgan fingerprint density at radius 3 is 2.66 bits per heavy atom. The molecule has 0 unspecified atom stereocenters. The van der Waals surface area contributed by atoms with Gasteiger partial charge in [0.25, 0.3) is 5.91 Å². The molecule has 2 aromatic carbocycles. The van der Waals surface area contributed by atoms with Gasteiger partial charge in [0.1, 0.15) is 18.0 Å². The number of furan rings is 1. The Morgan fingerprint density at radius 2 is 1.90 bits per heavy atom. The second-order valence-corrected chi connectivity index (χ2v) is 6.12. The van der Waals surface area contributed by atoms with Gasteiger partial charge >= 0.3 is 5.97 Å². The number of carbonyl (C=O) groups is 2. The average molecular weight is 401 g/mol. The van der Waals surface area contributed by atoms with E-state index in [2.05, 4.69) is 5.32 Å². The normalized spacial score (nSPS) is 10.6. The number of halogens is 1. The van der Waals surface area contributed by atoms with Crippen LogP contribution in [-0.4, -0.2) is 38.7 Å². The number of hydrogen-bond acceptors (Lipinski definition) is 6. The van der Waals surface area contributed by atoms with E-state index in [4.69, 9.17) is 18.6 Å². The molecule has 7 nitrogen and oxygen atoms in total. The van der Waals surface area contributed by atoms with Crippen LogP contribution in [0.1, 0.15) is 16.1 Å². The number of methoxy groups -OCH3 is 1. The molecule has 1 aromatic heterocycles. The molecule has 0 spiro atoms. The molecule has 1 N–H and O–H groups in total. The van der Waals surface area contributed by atoms with Crippen molar-refractivity contribution in [1.82, 2.24) is 5.32 Å². The van der Waals surface area contributed by atoms with Crippen molar-refractivity contribution in [3.8, 4) is 11.5 Å². The van der Waals surface area contributed by atoms with E-state index in [1.165, 1.54) is 18.2 Å². The van der Waals surface area contributed by atoms with Gasteiger partial charge in [0.2, 0.25) is 5.76 Å². The fourth-order valence-corrected chi connectivity index (χ4v) is 2.72. The molecule has 0 aliphatic rings. The summed E-state index contributed by atoms with van der Waals surface area (Å²) in [6, 6.07) is 11.1. The Labute approximate surface area is 166 Å². The summed E-state index contributed by atoms with van der Waals surface area (Å²) in [4.78, 5) is 24.0. The molecule has 0 aliphatic heterocycles. The predicted octanol–water partition coefficient (Wildman–Crippen LogP) is 3.24. The molecule has 0 atom stereocenters. The van der Waals surface area contributed by atoms with Gasteiger partial charge in [-0.05, 0) is 37.3 Å².